The zero-order valence-electron chi connectivity index (χ0n) is 18.7. The SMILES string of the molecule is CN=C(NCc1ccc(S(=O)(=O)N(C)C)cc1)NC1CC(C)N(Cc2ccccc2)C1. The number of hydrogen-bond acceptors (Lipinski definition) is 4. The minimum atomic E-state index is -3.41. The molecule has 8 heteroatoms. The van der Waals surface area contributed by atoms with Gasteiger partial charge < -0.3 is 10.6 Å². The number of hydrogen-bond donors (Lipinski definition) is 2. The van der Waals surface area contributed by atoms with Crippen molar-refractivity contribution in [3.63, 3.8) is 0 Å². The second-order valence-corrected chi connectivity index (χ2v) is 10.4. The summed E-state index contributed by atoms with van der Waals surface area (Å²) in [5.41, 5.74) is 2.32. The topological polar surface area (TPSA) is 77.0 Å². The molecule has 1 saturated heterocycles. The number of sulfonamides is 1. The third-order valence-electron chi connectivity index (χ3n) is 5.66. The van der Waals surface area contributed by atoms with Gasteiger partial charge in [0.1, 0.15) is 0 Å². The van der Waals surface area contributed by atoms with Crippen molar-refractivity contribution in [2.24, 2.45) is 4.99 Å². The van der Waals surface area contributed by atoms with E-state index < -0.39 is 10.0 Å². The van der Waals surface area contributed by atoms with E-state index in [1.54, 1.807) is 19.2 Å². The molecule has 31 heavy (non-hydrogen) atoms. The van der Waals surface area contributed by atoms with Crippen molar-refractivity contribution >= 4 is 16.0 Å². The average Bonchev–Trinajstić information content (AvgIpc) is 3.10. The molecule has 0 aromatic heterocycles. The zero-order chi connectivity index (χ0) is 22.4. The second kappa shape index (κ2) is 10.3. The van der Waals surface area contributed by atoms with Crippen molar-refractivity contribution in [3.05, 3.63) is 65.7 Å². The first-order chi connectivity index (χ1) is 14.8. The van der Waals surface area contributed by atoms with Gasteiger partial charge in [0.05, 0.1) is 4.90 Å². The van der Waals surface area contributed by atoms with E-state index in [0.29, 0.717) is 23.5 Å². The van der Waals surface area contributed by atoms with Gasteiger partial charge in [0.15, 0.2) is 5.96 Å². The fourth-order valence-corrected chi connectivity index (χ4v) is 4.71. The monoisotopic (exact) mass is 443 g/mol. The predicted octanol–water partition coefficient (Wildman–Crippen LogP) is 2.26. The van der Waals surface area contributed by atoms with Gasteiger partial charge in [-0.25, -0.2) is 12.7 Å². The van der Waals surface area contributed by atoms with Gasteiger partial charge in [0.2, 0.25) is 10.0 Å². The number of nitrogens with one attached hydrogen (secondary N) is 2. The Bertz CT molecular complexity index is 975. The summed E-state index contributed by atoms with van der Waals surface area (Å²) in [6, 6.07) is 18.3. The summed E-state index contributed by atoms with van der Waals surface area (Å²) in [5, 5.41) is 6.86. The summed E-state index contributed by atoms with van der Waals surface area (Å²) in [7, 11) is 1.43. The highest BCUT2D eigenvalue weighted by molar-refractivity contribution is 7.89. The van der Waals surface area contributed by atoms with Crippen LogP contribution in [0.5, 0.6) is 0 Å². The minimum Gasteiger partial charge on any atom is -0.352 e. The lowest BCUT2D eigenvalue weighted by molar-refractivity contribution is 0.258. The highest BCUT2D eigenvalue weighted by atomic mass is 32.2. The van der Waals surface area contributed by atoms with Crippen LogP contribution >= 0.6 is 0 Å². The van der Waals surface area contributed by atoms with Crippen LogP contribution in [0.15, 0.2) is 64.5 Å². The summed E-state index contributed by atoms with van der Waals surface area (Å²) in [6.45, 7) is 4.75. The molecule has 0 radical (unpaired) electrons. The number of benzene rings is 2. The fraction of sp³-hybridized carbons (Fsp3) is 0.435. The number of aliphatic imine (C=N–C) groups is 1. The highest BCUT2D eigenvalue weighted by Crippen LogP contribution is 2.20. The maximum Gasteiger partial charge on any atom is 0.242 e. The predicted molar refractivity (Wildman–Crippen MR) is 125 cm³/mol. The molecular formula is C23H33N5O2S. The van der Waals surface area contributed by atoms with Crippen LogP contribution in [-0.2, 0) is 23.1 Å². The van der Waals surface area contributed by atoms with Crippen molar-refractivity contribution in [2.45, 2.75) is 43.4 Å². The lowest BCUT2D eigenvalue weighted by Gasteiger charge is -2.21. The van der Waals surface area contributed by atoms with E-state index >= 15 is 0 Å². The summed E-state index contributed by atoms with van der Waals surface area (Å²) < 4.78 is 25.6. The molecule has 1 heterocycles. The molecule has 2 N–H and O–H groups in total. The Kier molecular flexibility index (Phi) is 7.69. The van der Waals surface area contributed by atoms with E-state index in [1.165, 1.54) is 24.0 Å². The Morgan fingerprint density at radius 1 is 1.10 bits per heavy atom. The Morgan fingerprint density at radius 3 is 2.39 bits per heavy atom. The molecule has 1 aliphatic rings. The van der Waals surface area contributed by atoms with Gasteiger partial charge in [0.25, 0.3) is 0 Å². The van der Waals surface area contributed by atoms with Crippen molar-refractivity contribution in [1.82, 2.24) is 19.8 Å². The van der Waals surface area contributed by atoms with Crippen LogP contribution in [0, 0.1) is 0 Å². The molecule has 0 saturated carbocycles. The van der Waals surface area contributed by atoms with Gasteiger partial charge >= 0.3 is 0 Å². The molecule has 1 aliphatic heterocycles. The van der Waals surface area contributed by atoms with Gasteiger partial charge in [-0.3, -0.25) is 9.89 Å². The fourth-order valence-electron chi connectivity index (χ4n) is 3.81. The average molecular weight is 444 g/mol. The van der Waals surface area contributed by atoms with Gasteiger partial charge in [-0.05, 0) is 36.6 Å². The smallest absolute Gasteiger partial charge is 0.242 e. The first-order valence-electron chi connectivity index (χ1n) is 10.6. The largest absolute Gasteiger partial charge is 0.352 e. The summed E-state index contributed by atoms with van der Waals surface area (Å²) in [4.78, 5) is 7.14. The Hall–Kier alpha value is -2.42. The normalized spacial score (nSPS) is 20.2. The standard InChI is InChI=1S/C23H33N5O2S/c1-18-14-21(17-28(18)16-20-8-6-5-7-9-20)26-23(24-2)25-15-19-10-12-22(13-11-19)31(29,30)27(3)4/h5-13,18,21H,14-17H2,1-4H3,(H2,24,25,26). The van der Waals surface area contributed by atoms with Crippen LogP contribution in [0.3, 0.4) is 0 Å². The molecule has 168 valence electrons. The highest BCUT2D eigenvalue weighted by Gasteiger charge is 2.29. The first kappa shape index (κ1) is 23.2. The Labute approximate surface area is 186 Å². The van der Waals surface area contributed by atoms with E-state index in [9.17, 15) is 8.42 Å². The lowest BCUT2D eigenvalue weighted by Crippen LogP contribution is -2.44. The van der Waals surface area contributed by atoms with E-state index in [1.807, 2.05) is 18.2 Å². The van der Waals surface area contributed by atoms with Crippen molar-refractivity contribution in [1.29, 1.82) is 0 Å². The van der Waals surface area contributed by atoms with E-state index in [0.717, 1.165) is 31.0 Å². The maximum atomic E-state index is 12.2. The van der Waals surface area contributed by atoms with Gasteiger partial charge in [-0.15, -0.1) is 0 Å². The number of likely N-dealkylation sites (tertiary alicyclic amines) is 1. The maximum absolute atomic E-state index is 12.2. The molecule has 0 aliphatic carbocycles. The van der Waals surface area contributed by atoms with Crippen molar-refractivity contribution in [3.8, 4) is 0 Å². The minimum absolute atomic E-state index is 0.294. The molecule has 2 atom stereocenters. The van der Waals surface area contributed by atoms with Crippen LogP contribution in [0.4, 0.5) is 0 Å². The summed E-state index contributed by atoms with van der Waals surface area (Å²) in [6.07, 6.45) is 1.06. The molecule has 2 unspecified atom stereocenters. The number of rotatable bonds is 7. The molecule has 0 amide bonds. The summed E-state index contributed by atoms with van der Waals surface area (Å²) >= 11 is 0. The van der Waals surface area contributed by atoms with Crippen LogP contribution < -0.4 is 10.6 Å². The Balaban J connectivity index is 1.52. The lowest BCUT2D eigenvalue weighted by atomic mass is 10.2. The quantitative estimate of drug-likeness (QED) is 0.507. The van der Waals surface area contributed by atoms with E-state index in [4.69, 9.17) is 0 Å². The summed E-state index contributed by atoms with van der Waals surface area (Å²) in [5.74, 6) is 0.753. The first-order valence-corrected chi connectivity index (χ1v) is 12.0. The van der Waals surface area contributed by atoms with Gasteiger partial charge in [0, 0.05) is 52.9 Å². The zero-order valence-corrected chi connectivity index (χ0v) is 19.6. The second-order valence-electron chi connectivity index (χ2n) is 8.20. The van der Waals surface area contributed by atoms with Crippen molar-refractivity contribution in [2.75, 3.05) is 27.7 Å². The van der Waals surface area contributed by atoms with E-state index in [-0.39, 0.29) is 0 Å². The van der Waals surface area contributed by atoms with Gasteiger partial charge in [-0.1, -0.05) is 42.5 Å². The van der Waals surface area contributed by atoms with Crippen LogP contribution in [0.2, 0.25) is 0 Å². The molecule has 3 rings (SSSR count). The molecule has 1 fully saturated rings. The molecule has 7 nitrogen and oxygen atoms in total. The van der Waals surface area contributed by atoms with Crippen molar-refractivity contribution < 1.29 is 8.42 Å². The molecular weight excluding hydrogens is 410 g/mol. The molecule has 2 aromatic carbocycles. The number of guanidine groups is 1. The van der Waals surface area contributed by atoms with Crippen LogP contribution in [0.25, 0.3) is 0 Å². The van der Waals surface area contributed by atoms with Crippen LogP contribution in [-0.4, -0.2) is 63.4 Å². The Morgan fingerprint density at radius 2 is 1.77 bits per heavy atom. The molecule has 2 aromatic rings. The third-order valence-corrected chi connectivity index (χ3v) is 7.49. The van der Waals surface area contributed by atoms with Crippen LogP contribution in [0.1, 0.15) is 24.5 Å². The number of nitrogens with zero attached hydrogens (tertiary/aromatic N) is 3. The molecule has 0 bridgehead atoms. The van der Waals surface area contributed by atoms with Gasteiger partial charge in [-0.2, -0.15) is 0 Å². The van der Waals surface area contributed by atoms with E-state index in [2.05, 4.69) is 51.7 Å². The molecule has 0 spiro atoms. The third kappa shape index (κ3) is 6.06.